The van der Waals surface area contributed by atoms with Gasteiger partial charge in [0.25, 0.3) is 0 Å². The van der Waals surface area contributed by atoms with Gasteiger partial charge in [-0.15, -0.1) is 0 Å². The van der Waals surface area contributed by atoms with Crippen molar-refractivity contribution < 1.29 is 0 Å². The predicted molar refractivity (Wildman–Crippen MR) is 62.9 cm³/mol. The summed E-state index contributed by atoms with van der Waals surface area (Å²) in [5.74, 6) is 0.655. The molecule has 3 heteroatoms. The molecule has 0 aliphatic carbocycles. The van der Waals surface area contributed by atoms with Crippen LogP contribution in [-0.2, 0) is 6.54 Å². The molecule has 2 nitrogen and oxygen atoms in total. The van der Waals surface area contributed by atoms with Gasteiger partial charge in [-0.1, -0.05) is 29.3 Å². The second-order valence-corrected chi connectivity index (χ2v) is 4.19. The molecule has 0 aliphatic heterocycles. The summed E-state index contributed by atoms with van der Waals surface area (Å²) in [6.45, 7) is 3.18. The second-order valence-electron chi connectivity index (χ2n) is 3.54. The number of nitrogens with zero attached hydrogens (tertiary/aromatic N) is 1. The van der Waals surface area contributed by atoms with E-state index in [1.807, 2.05) is 12.4 Å². The smallest absolute Gasteiger partial charge is 0.181 e. The van der Waals surface area contributed by atoms with Crippen molar-refractivity contribution in [1.82, 2.24) is 4.57 Å². The molecule has 1 atom stereocenters. The van der Waals surface area contributed by atoms with E-state index in [1.54, 1.807) is 12.1 Å². The first kappa shape index (κ1) is 11.5. The van der Waals surface area contributed by atoms with Crippen LogP contribution in [0.1, 0.15) is 19.8 Å². The molecule has 0 bridgehead atoms. The molecular weight excluding hydrogens is 242 g/mol. The Kier molecular flexibility index (Phi) is 4.94. The molecule has 0 saturated heterocycles. The van der Waals surface area contributed by atoms with Gasteiger partial charge in [-0.2, -0.15) is 0 Å². The van der Waals surface area contributed by atoms with Crippen LogP contribution in [0.4, 0.5) is 0 Å². The minimum atomic E-state index is 0.0760. The lowest BCUT2D eigenvalue weighted by Gasteiger charge is -2.14. The van der Waals surface area contributed by atoms with E-state index in [2.05, 4.69) is 27.4 Å². The lowest BCUT2D eigenvalue weighted by molar-refractivity contribution is 0.453. The highest BCUT2D eigenvalue weighted by Gasteiger charge is 2.05. The monoisotopic (exact) mass is 257 g/mol. The van der Waals surface area contributed by atoms with Gasteiger partial charge < -0.3 is 4.57 Å². The number of alkyl halides is 1. The van der Waals surface area contributed by atoms with Crippen LogP contribution in [0, 0.1) is 5.92 Å². The van der Waals surface area contributed by atoms with Gasteiger partial charge in [0.2, 0.25) is 0 Å². The normalized spacial score (nSPS) is 12.7. The molecule has 0 aromatic carbocycles. The van der Waals surface area contributed by atoms with Crippen LogP contribution in [0.15, 0.2) is 29.3 Å². The Labute approximate surface area is 93.1 Å². The first-order chi connectivity index (χ1) is 6.76. The second kappa shape index (κ2) is 6.02. The fraction of sp³-hybridized carbons (Fsp3) is 0.545. The van der Waals surface area contributed by atoms with Crippen LogP contribution in [0.3, 0.4) is 0 Å². The van der Waals surface area contributed by atoms with Crippen molar-refractivity contribution in [3.8, 4) is 0 Å². The molecule has 14 heavy (non-hydrogen) atoms. The molecule has 0 aliphatic rings. The number of pyridine rings is 1. The van der Waals surface area contributed by atoms with Crippen molar-refractivity contribution in [2.45, 2.75) is 26.3 Å². The van der Waals surface area contributed by atoms with Crippen molar-refractivity contribution >= 4 is 15.9 Å². The molecule has 0 spiro atoms. The molecule has 0 fully saturated rings. The van der Waals surface area contributed by atoms with Crippen molar-refractivity contribution in [3.63, 3.8) is 0 Å². The molecule has 1 rings (SSSR count). The highest BCUT2D eigenvalue weighted by Crippen LogP contribution is 2.11. The molecule has 0 amide bonds. The number of hydrogen-bond donors (Lipinski definition) is 0. The maximum absolute atomic E-state index is 10.9. The Balaban J connectivity index is 2.57. The number of aromatic nitrogens is 1. The van der Waals surface area contributed by atoms with Gasteiger partial charge in [0, 0.05) is 36.4 Å². The van der Waals surface area contributed by atoms with Crippen LogP contribution in [-0.4, -0.2) is 9.90 Å². The maximum Gasteiger partial charge on any atom is 0.181 e. The first-order valence-corrected chi connectivity index (χ1v) is 6.10. The zero-order valence-corrected chi connectivity index (χ0v) is 10.0. The van der Waals surface area contributed by atoms with Crippen molar-refractivity contribution in [2.24, 2.45) is 5.92 Å². The van der Waals surface area contributed by atoms with Crippen molar-refractivity contribution in [3.05, 3.63) is 34.7 Å². The summed E-state index contributed by atoms with van der Waals surface area (Å²) in [5, 5.41) is 1.02. The van der Waals surface area contributed by atoms with Crippen LogP contribution < -0.4 is 5.43 Å². The Bertz CT molecular complexity index is 301. The van der Waals surface area contributed by atoms with Crippen LogP contribution in [0.5, 0.6) is 0 Å². The van der Waals surface area contributed by atoms with Gasteiger partial charge in [0.1, 0.15) is 0 Å². The van der Waals surface area contributed by atoms with E-state index in [0.717, 1.165) is 11.9 Å². The molecule has 0 N–H and O–H groups in total. The lowest BCUT2D eigenvalue weighted by atomic mass is 10.1. The molecule has 1 aromatic rings. The fourth-order valence-corrected chi connectivity index (χ4v) is 2.02. The van der Waals surface area contributed by atoms with Crippen LogP contribution in [0.25, 0.3) is 0 Å². The molecule has 0 saturated carbocycles. The van der Waals surface area contributed by atoms with Gasteiger partial charge >= 0.3 is 0 Å². The third-order valence-electron chi connectivity index (χ3n) is 2.24. The number of rotatable bonds is 5. The molecule has 1 heterocycles. The number of hydrogen-bond acceptors (Lipinski definition) is 1. The average molecular weight is 258 g/mol. The lowest BCUT2D eigenvalue weighted by Crippen LogP contribution is -2.13. The maximum atomic E-state index is 10.9. The SMILES string of the molecule is CCCC(CBr)Cn1ccc(=O)cc1. The highest BCUT2D eigenvalue weighted by atomic mass is 79.9. The summed E-state index contributed by atoms with van der Waals surface area (Å²) in [7, 11) is 0. The van der Waals surface area contributed by atoms with E-state index in [4.69, 9.17) is 0 Å². The summed E-state index contributed by atoms with van der Waals surface area (Å²) >= 11 is 3.51. The molecule has 0 radical (unpaired) electrons. The quantitative estimate of drug-likeness (QED) is 0.744. The minimum Gasteiger partial charge on any atom is -0.354 e. The van der Waals surface area contributed by atoms with E-state index in [0.29, 0.717) is 5.92 Å². The standard InChI is InChI=1S/C11H16BrNO/c1-2-3-10(8-12)9-13-6-4-11(14)5-7-13/h4-7,10H,2-3,8-9H2,1H3. The van der Waals surface area contributed by atoms with E-state index < -0.39 is 0 Å². The van der Waals surface area contributed by atoms with Gasteiger partial charge in [-0.3, -0.25) is 4.79 Å². The van der Waals surface area contributed by atoms with E-state index in [1.165, 1.54) is 12.8 Å². The Hall–Kier alpha value is -0.570. The van der Waals surface area contributed by atoms with Gasteiger partial charge in [-0.25, -0.2) is 0 Å². The van der Waals surface area contributed by atoms with E-state index >= 15 is 0 Å². The fourth-order valence-electron chi connectivity index (χ4n) is 1.49. The molecule has 78 valence electrons. The summed E-state index contributed by atoms with van der Waals surface area (Å²) in [5.41, 5.74) is 0.0760. The first-order valence-electron chi connectivity index (χ1n) is 4.98. The van der Waals surface area contributed by atoms with E-state index in [-0.39, 0.29) is 5.43 Å². The Morgan fingerprint density at radius 2 is 2.07 bits per heavy atom. The van der Waals surface area contributed by atoms with Gasteiger partial charge in [-0.05, 0) is 12.3 Å². The van der Waals surface area contributed by atoms with Crippen LogP contribution >= 0.6 is 15.9 Å². The summed E-state index contributed by atoms with van der Waals surface area (Å²) in [6, 6.07) is 3.22. The molecule has 1 unspecified atom stereocenters. The van der Waals surface area contributed by atoms with Crippen molar-refractivity contribution in [2.75, 3.05) is 5.33 Å². The zero-order valence-electron chi connectivity index (χ0n) is 8.45. The van der Waals surface area contributed by atoms with Gasteiger partial charge in [0.15, 0.2) is 5.43 Å². The average Bonchev–Trinajstić information content (AvgIpc) is 2.20. The Morgan fingerprint density at radius 1 is 1.43 bits per heavy atom. The van der Waals surface area contributed by atoms with Crippen molar-refractivity contribution in [1.29, 1.82) is 0 Å². The largest absolute Gasteiger partial charge is 0.354 e. The van der Waals surface area contributed by atoms with E-state index in [9.17, 15) is 4.79 Å². The highest BCUT2D eigenvalue weighted by molar-refractivity contribution is 9.09. The molecule has 1 aromatic heterocycles. The summed E-state index contributed by atoms with van der Waals surface area (Å²) < 4.78 is 2.07. The zero-order chi connectivity index (χ0) is 10.4. The molecular formula is C11H16BrNO. The summed E-state index contributed by atoms with van der Waals surface area (Å²) in [4.78, 5) is 10.9. The van der Waals surface area contributed by atoms with Crippen LogP contribution in [0.2, 0.25) is 0 Å². The topological polar surface area (TPSA) is 22.0 Å². The summed E-state index contributed by atoms with van der Waals surface area (Å²) in [6.07, 6.45) is 6.13. The third-order valence-corrected chi connectivity index (χ3v) is 3.16. The minimum absolute atomic E-state index is 0.0760. The van der Waals surface area contributed by atoms with Gasteiger partial charge in [0.05, 0.1) is 0 Å². The third kappa shape index (κ3) is 3.66. The predicted octanol–water partition coefficient (Wildman–Crippen LogP) is 2.66. The Morgan fingerprint density at radius 3 is 2.57 bits per heavy atom. The number of halogens is 1.